The molecule has 0 rings (SSSR count). The van der Waals surface area contributed by atoms with E-state index in [2.05, 4.69) is 30.9 Å². The van der Waals surface area contributed by atoms with E-state index >= 15 is 0 Å². The average Bonchev–Trinajstić information content (AvgIpc) is 1.85. The van der Waals surface area contributed by atoms with Crippen LogP contribution in [0, 0.1) is 0 Å². The molecule has 2 heteroatoms. The van der Waals surface area contributed by atoms with Gasteiger partial charge in [0.15, 0.2) is 0 Å². The number of allylic oxidation sites excluding steroid dienone is 2. The predicted octanol–water partition coefficient (Wildman–Crippen LogP) is 2.08. The lowest BCUT2D eigenvalue weighted by molar-refractivity contribution is 1.18. The Labute approximate surface area is 61.6 Å². The summed E-state index contributed by atoms with van der Waals surface area (Å²) < 4.78 is 0. The molecule has 0 saturated carbocycles. The van der Waals surface area contributed by atoms with Gasteiger partial charge in [-0.2, -0.15) is 12.6 Å². The lowest BCUT2D eigenvalue weighted by Crippen LogP contribution is -1.75. The fourth-order valence-corrected chi connectivity index (χ4v) is 0.672. The van der Waals surface area contributed by atoms with Crippen LogP contribution in [-0.4, -0.2) is 12.5 Å². The van der Waals surface area contributed by atoms with Crippen LogP contribution in [-0.2, 0) is 0 Å². The SMILES string of the molecule is C=N/C=C\C(=C)CCS. The second kappa shape index (κ2) is 5.63. The molecule has 0 radical (unpaired) electrons. The fourth-order valence-electron chi connectivity index (χ4n) is 0.385. The number of rotatable bonds is 4. The van der Waals surface area contributed by atoms with Gasteiger partial charge in [-0.15, -0.1) is 0 Å². The van der Waals surface area contributed by atoms with Crippen molar-refractivity contribution in [1.29, 1.82) is 0 Å². The Morgan fingerprint density at radius 3 is 2.78 bits per heavy atom. The third kappa shape index (κ3) is 5.37. The van der Waals surface area contributed by atoms with Gasteiger partial charge in [-0.05, 0) is 25.0 Å². The summed E-state index contributed by atoms with van der Waals surface area (Å²) in [5.74, 6) is 0.834. The highest BCUT2D eigenvalue weighted by Crippen LogP contribution is 2.00. The Kier molecular flexibility index (Phi) is 5.32. The molecule has 50 valence electrons. The van der Waals surface area contributed by atoms with Gasteiger partial charge in [0.05, 0.1) is 0 Å². The van der Waals surface area contributed by atoms with Crippen molar-refractivity contribution in [2.24, 2.45) is 4.99 Å². The molecule has 0 aromatic carbocycles. The predicted molar refractivity (Wildman–Crippen MR) is 46.3 cm³/mol. The minimum atomic E-state index is 0.834. The Morgan fingerprint density at radius 2 is 2.33 bits per heavy atom. The maximum atomic E-state index is 4.04. The van der Waals surface area contributed by atoms with Gasteiger partial charge >= 0.3 is 0 Å². The zero-order valence-electron chi connectivity index (χ0n) is 5.38. The van der Waals surface area contributed by atoms with E-state index in [0.29, 0.717) is 0 Å². The molecule has 0 spiro atoms. The summed E-state index contributed by atoms with van der Waals surface area (Å²) in [7, 11) is 0. The third-order valence-electron chi connectivity index (χ3n) is 0.849. The highest BCUT2D eigenvalue weighted by atomic mass is 32.1. The number of nitrogens with zero attached hydrogens (tertiary/aromatic N) is 1. The Morgan fingerprint density at radius 1 is 1.67 bits per heavy atom. The molecule has 0 aromatic rings. The first-order valence-corrected chi connectivity index (χ1v) is 3.35. The number of thiol groups is 1. The summed E-state index contributed by atoms with van der Waals surface area (Å²) in [6.45, 7) is 7.05. The average molecular weight is 141 g/mol. The topological polar surface area (TPSA) is 12.4 Å². The molecule has 0 aliphatic carbocycles. The Bertz CT molecular complexity index is 127. The minimum absolute atomic E-state index is 0.834. The van der Waals surface area contributed by atoms with Crippen molar-refractivity contribution in [2.75, 3.05) is 5.75 Å². The second-order valence-electron chi connectivity index (χ2n) is 1.63. The van der Waals surface area contributed by atoms with Crippen molar-refractivity contribution < 1.29 is 0 Å². The smallest absolute Gasteiger partial charge is 0.0263 e. The molecule has 0 aliphatic rings. The van der Waals surface area contributed by atoms with E-state index in [9.17, 15) is 0 Å². The summed E-state index contributed by atoms with van der Waals surface area (Å²) in [6, 6.07) is 0. The molecule has 0 saturated heterocycles. The van der Waals surface area contributed by atoms with E-state index in [0.717, 1.165) is 17.7 Å². The molecular formula is C7H11NS. The van der Waals surface area contributed by atoms with Gasteiger partial charge in [-0.1, -0.05) is 12.2 Å². The zero-order valence-corrected chi connectivity index (χ0v) is 6.27. The van der Waals surface area contributed by atoms with Crippen molar-refractivity contribution in [1.82, 2.24) is 0 Å². The van der Waals surface area contributed by atoms with Crippen molar-refractivity contribution in [3.8, 4) is 0 Å². The number of hydrogen-bond acceptors (Lipinski definition) is 2. The maximum Gasteiger partial charge on any atom is 0.0263 e. The fraction of sp³-hybridized carbons (Fsp3) is 0.286. The molecule has 0 heterocycles. The monoisotopic (exact) mass is 141 g/mol. The van der Waals surface area contributed by atoms with Gasteiger partial charge in [0.1, 0.15) is 0 Å². The summed E-state index contributed by atoms with van der Waals surface area (Å²) in [6.07, 6.45) is 4.38. The second-order valence-corrected chi connectivity index (χ2v) is 2.08. The summed E-state index contributed by atoms with van der Waals surface area (Å²) >= 11 is 4.04. The van der Waals surface area contributed by atoms with Crippen LogP contribution in [0.3, 0.4) is 0 Å². The molecule has 9 heavy (non-hydrogen) atoms. The van der Waals surface area contributed by atoms with Crippen LogP contribution in [0.2, 0.25) is 0 Å². The Hall–Kier alpha value is -0.500. The minimum Gasteiger partial charge on any atom is -0.273 e. The lowest BCUT2D eigenvalue weighted by atomic mass is 10.2. The summed E-state index contributed by atoms with van der Waals surface area (Å²) in [4.78, 5) is 3.54. The van der Waals surface area contributed by atoms with Crippen LogP contribution in [0.5, 0.6) is 0 Å². The molecule has 0 bridgehead atoms. The zero-order chi connectivity index (χ0) is 7.11. The molecule has 0 N–H and O–H groups in total. The third-order valence-corrected chi connectivity index (χ3v) is 1.07. The quantitative estimate of drug-likeness (QED) is 0.349. The van der Waals surface area contributed by atoms with E-state index in [-0.39, 0.29) is 0 Å². The van der Waals surface area contributed by atoms with Gasteiger partial charge in [0.25, 0.3) is 0 Å². The van der Waals surface area contributed by atoms with Crippen LogP contribution in [0.15, 0.2) is 29.4 Å². The van der Waals surface area contributed by atoms with E-state index < -0.39 is 0 Å². The molecular weight excluding hydrogens is 130 g/mol. The van der Waals surface area contributed by atoms with E-state index in [1.165, 1.54) is 0 Å². The summed E-state index contributed by atoms with van der Waals surface area (Å²) in [5.41, 5.74) is 1.04. The first-order valence-electron chi connectivity index (χ1n) is 2.72. The van der Waals surface area contributed by atoms with Crippen molar-refractivity contribution >= 4 is 19.3 Å². The highest BCUT2D eigenvalue weighted by molar-refractivity contribution is 7.80. The molecule has 0 unspecified atom stereocenters. The molecule has 0 amide bonds. The van der Waals surface area contributed by atoms with Crippen LogP contribution < -0.4 is 0 Å². The van der Waals surface area contributed by atoms with E-state index in [1.807, 2.05) is 6.08 Å². The lowest BCUT2D eigenvalue weighted by Gasteiger charge is -1.90. The molecule has 0 fully saturated rings. The van der Waals surface area contributed by atoms with E-state index in [1.54, 1.807) is 6.20 Å². The normalized spacial score (nSPS) is 9.89. The van der Waals surface area contributed by atoms with Gasteiger partial charge in [-0.3, -0.25) is 4.99 Å². The standard InChI is InChI=1S/C7H11NS/c1-7(4-6-9)3-5-8-2/h3,5,9H,1-2,4,6H2/b5-3-. The van der Waals surface area contributed by atoms with Gasteiger partial charge < -0.3 is 0 Å². The van der Waals surface area contributed by atoms with E-state index in [4.69, 9.17) is 0 Å². The van der Waals surface area contributed by atoms with Crippen LogP contribution >= 0.6 is 12.6 Å². The highest BCUT2D eigenvalue weighted by Gasteiger charge is 1.82. The van der Waals surface area contributed by atoms with Gasteiger partial charge in [0, 0.05) is 6.20 Å². The molecule has 0 aromatic heterocycles. The number of hydrogen-bond donors (Lipinski definition) is 1. The van der Waals surface area contributed by atoms with Crippen LogP contribution in [0.4, 0.5) is 0 Å². The summed E-state index contributed by atoms with van der Waals surface area (Å²) in [5, 5.41) is 0. The largest absolute Gasteiger partial charge is 0.273 e. The van der Waals surface area contributed by atoms with Crippen molar-refractivity contribution in [3.63, 3.8) is 0 Å². The van der Waals surface area contributed by atoms with Crippen LogP contribution in [0.1, 0.15) is 6.42 Å². The first-order chi connectivity index (χ1) is 4.31. The van der Waals surface area contributed by atoms with Crippen LogP contribution in [0.25, 0.3) is 0 Å². The maximum absolute atomic E-state index is 4.04. The Balaban J connectivity index is 3.49. The number of aliphatic imine (C=N–C) groups is 1. The molecule has 0 aliphatic heterocycles. The van der Waals surface area contributed by atoms with Crippen molar-refractivity contribution in [3.05, 3.63) is 24.4 Å². The molecule has 0 atom stereocenters. The first kappa shape index (κ1) is 8.50. The van der Waals surface area contributed by atoms with Gasteiger partial charge in [-0.25, -0.2) is 0 Å². The van der Waals surface area contributed by atoms with Crippen molar-refractivity contribution in [2.45, 2.75) is 6.42 Å². The molecule has 1 nitrogen and oxygen atoms in total. The van der Waals surface area contributed by atoms with Gasteiger partial charge in [0.2, 0.25) is 0 Å².